The number of thiophene rings is 1. The summed E-state index contributed by atoms with van der Waals surface area (Å²) in [5.74, 6) is 1.43. The molecular weight excluding hydrogens is 390 g/mol. The molecule has 0 aliphatic heterocycles. The maximum Gasteiger partial charge on any atom is 0.235 e. The van der Waals surface area contributed by atoms with E-state index in [4.69, 9.17) is 5.10 Å². The Hall–Kier alpha value is -2.71. The van der Waals surface area contributed by atoms with Crippen molar-refractivity contribution in [3.8, 4) is 5.69 Å². The van der Waals surface area contributed by atoms with Crippen LogP contribution < -0.4 is 5.32 Å². The Morgan fingerprint density at radius 1 is 1.21 bits per heavy atom. The van der Waals surface area contributed by atoms with Crippen LogP contribution in [0.4, 0.5) is 5.82 Å². The first-order valence-electron chi connectivity index (χ1n) is 9.04. The van der Waals surface area contributed by atoms with Gasteiger partial charge in [-0.2, -0.15) is 5.10 Å². The number of hydrogen-bond donors (Lipinski definition) is 1. The van der Waals surface area contributed by atoms with Crippen molar-refractivity contribution in [3.05, 3.63) is 59.9 Å². The van der Waals surface area contributed by atoms with Gasteiger partial charge < -0.3 is 5.32 Å². The Bertz CT molecular complexity index is 1130. The molecule has 0 bridgehead atoms. The second-order valence-electron chi connectivity index (χ2n) is 6.63. The number of hydrogen-bond acceptors (Lipinski definition) is 6. The third-order valence-corrected chi connectivity index (χ3v) is 6.57. The third kappa shape index (κ3) is 3.53. The number of para-hydroxylation sites is 1. The van der Waals surface area contributed by atoms with Gasteiger partial charge in [0, 0.05) is 12.0 Å². The first-order valence-corrected chi connectivity index (χ1v) is 10.9. The van der Waals surface area contributed by atoms with E-state index in [2.05, 4.69) is 15.3 Å². The number of benzene rings is 1. The fraction of sp³-hybridized carbons (Fsp3) is 0.200. The van der Waals surface area contributed by atoms with Gasteiger partial charge in [-0.25, -0.2) is 14.6 Å². The molecule has 1 saturated carbocycles. The number of thioether (sulfide) groups is 1. The molecule has 1 aromatic carbocycles. The average Bonchev–Trinajstić information content (AvgIpc) is 3.31. The van der Waals surface area contributed by atoms with Gasteiger partial charge in [-0.3, -0.25) is 4.79 Å². The molecule has 1 N–H and O–H groups in total. The lowest BCUT2D eigenvalue weighted by Gasteiger charge is -2.08. The summed E-state index contributed by atoms with van der Waals surface area (Å²) in [6.45, 7) is 0. The Kier molecular flexibility index (Phi) is 4.58. The van der Waals surface area contributed by atoms with Gasteiger partial charge in [0.15, 0.2) is 0 Å². The SMILES string of the molecule is O=C(CSc1ncnc2ccsc12)Nc1cc(C2CC2)nn1-c1ccccc1. The minimum absolute atomic E-state index is 0.0762. The highest BCUT2D eigenvalue weighted by molar-refractivity contribution is 8.00. The number of aromatic nitrogens is 4. The summed E-state index contributed by atoms with van der Waals surface area (Å²) in [6.07, 6.45) is 3.88. The predicted octanol–water partition coefficient (Wildman–Crippen LogP) is 4.49. The van der Waals surface area contributed by atoms with Crippen molar-refractivity contribution in [2.45, 2.75) is 23.8 Å². The van der Waals surface area contributed by atoms with Crippen LogP contribution in [0.3, 0.4) is 0 Å². The first-order chi connectivity index (χ1) is 13.8. The van der Waals surface area contributed by atoms with Gasteiger partial charge in [-0.15, -0.1) is 11.3 Å². The van der Waals surface area contributed by atoms with Crippen LogP contribution >= 0.6 is 23.1 Å². The van der Waals surface area contributed by atoms with E-state index in [1.165, 1.54) is 24.6 Å². The normalized spacial score (nSPS) is 13.7. The molecule has 1 fully saturated rings. The molecule has 1 aliphatic rings. The van der Waals surface area contributed by atoms with Crippen molar-refractivity contribution in [2.24, 2.45) is 0 Å². The van der Waals surface area contributed by atoms with Crippen molar-refractivity contribution in [3.63, 3.8) is 0 Å². The molecule has 0 saturated heterocycles. The van der Waals surface area contributed by atoms with Crippen LogP contribution in [-0.4, -0.2) is 31.4 Å². The number of nitrogens with one attached hydrogen (secondary N) is 1. The maximum absolute atomic E-state index is 12.6. The highest BCUT2D eigenvalue weighted by Crippen LogP contribution is 2.40. The summed E-state index contributed by atoms with van der Waals surface area (Å²) in [4.78, 5) is 21.2. The quantitative estimate of drug-likeness (QED) is 0.377. The highest BCUT2D eigenvalue weighted by Gasteiger charge is 2.28. The summed E-state index contributed by atoms with van der Waals surface area (Å²) in [6, 6.07) is 13.8. The second-order valence-corrected chi connectivity index (χ2v) is 8.51. The number of amides is 1. The molecule has 0 unspecified atom stereocenters. The van der Waals surface area contributed by atoms with Gasteiger partial charge >= 0.3 is 0 Å². The zero-order chi connectivity index (χ0) is 18.9. The lowest BCUT2D eigenvalue weighted by Crippen LogP contribution is -2.17. The molecule has 140 valence electrons. The molecule has 8 heteroatoms. The average molecular weight is 408 g/mol. The van der Waals surface area contributed by atoms with Crippen molar-refractivity contribution in [1.82, 2.24) is 19.7 Å². The van der Waals surface area contributed by atoms with Crippen molar-refractivity contribution >= 4 is 45.0 Å². The minimum Gasteiger partial charge on any atom is -0.310 e. The number of carbonyl (C=O) groups excluding carboxylic acids is 1. The largest absolute Gasteiger partial charge is 0.310 e. The first kappa shape index (κ1) is 17.4. The Balaban J connectivity index is 1.34. The van der Waals surface area contributed by atoms with Gasteiger partial charge in [0.1, 0.15) is 17.2 Å². The lowest BCUT2D eigenvalue weighted by molar-refractivity contribution is -0.113. The summed E-state index contributed by atoms with van der Waals surface area (Å²) >= 11 is 3.02. The fourth-order valence-electron chi connectivity index (χ4n) is 3.02. The van der Waals surface area contributed by atoms with E-state index in [9.17, 15) is 4.79 Å². The van der Waals surface area contributed by atoms with E-state index in [1.807, 2.05) is 52.5 Å². The van der Waals surface area contributed by atoms with Crippen LogP contribution in [0.5, 0.6) is 0 Å². The zero-order valence-electron chi connectivity index (χ0n) is 14.9. The molecule has 0 radical (unpaired) electrons. The van der Waals surface area contributed by atoms with Crippen LogP contribution in [0.15, 0.2) is 59.2 Å². The van der Waals surface area contributed by atoms with Crippen molar-refractivity contribution in [1.29, 1.82) is 0 Å². The Morgan fingerprint density at radius 2 is 2.07 bits per heavy atom. The maximum atomic E-state index is 12.6. The van der Waals surface area contributed by atoms with Crippen molar-refractivity contribution in [2.75, 3.05) is 11.1 Å². The summed E-state index contributed by atoms with van der Waals surface area (Å²) in [5, 5.41) is 10.6. The smallest absolute Gasteiger partial charge is 0.235 e. The fourth-order valence-corrected chi connectivity index (χ4v) is 4.76. The van der Waals surface area contributed by atoms with E-state index >= 15 is 0 Å². The van der Waals surface area contributed by atoms with E-state index < -0.39 is 0 Å². The molecule has 6 nitrogen and oxygen atoms in total. The number of carbonyl (C=O) groups is 1. The van der Waals surface area contributed by atoms with Gasteiger partial charge in [0.05, 0.1) is 27.4 Å². The van der Waals surface area contributed by atoms with E-state index in [0.717, 1.165) is 26.6 Å². The molecule has 5 rings (SSSR count). The standard InChI is InChI=1S/C20H17N5OS2/c26-18(11-28-20-19-15(8-9-27-19)21-12-22-20)23-17-10-16(13-6-7-13)24-25(17)14-4-2-1-3-5-14/h1-5,8-10,12-13H,6-7,11H2,(H,23,26). The van der Waals surface area contributed by atoms with E-state index in [-0.39, 0.29) is 11.7 Å². The van der Waals surface area contributed by atoms with E-state index in [0.29, 0.717) is 11.7 Å². The molecule has 3 aromatic heterocycles. The van der Waals surface area contributed by atoms with Gasteiger partial charge in [-0.1, -0.05) is 30.0 Å². The van der Waals surface area contributed by atoms with Crippen molar-refractivity contribution < 1.29 is 4.79 Å². The zero-order valence-corrected chi connectivity index (χ0v) is 16.5. The highest BCUT2D eigenvalue weighted by atomic mass is 32.2. The monoisotopic (exact) mass is 407 g/mol. The Morgan fingerprint density at radius 3 is 2.89 bits per heavy atom. The molecule has 28 heavy (non-hydrogen) atoms. The lowest BCUT2D eigenvalue weighted by atomic mass is 10.3. The summed E-state index contributed by atoms with van der Waals surface area (Å²) in [5.41, 5.74) is 2.90. The van der Waals surface area contributed by atoms with Gasteiger partial charge in [-0.05, 0) is 36.4 Å². The minimum atomic E-state index is -0.0762. The molecule has 1 amide bonds. The van der Waals surface area contributed by atoms with Gasteiger partial charge in [0.25, 0.3) is 0 Å². The van der Waals surface area contributed by atoms with Crippen LogP contribution in [0.1, 0.15) is 24.5 Å². The second kappa shape index (κ2) is 7.37. The van der Waals surface area contributed by atoms with Crippen LogP contribution in [0.2, 0.25) is 0 Å². The molecular formula is C20H17N5OS2. The number of anilines is 1. The Labute approximate surface area is 170 Å². The molecule has 0 atom stereocenters. The number of nitrogens with zero attached hydrogens (tertiary/aromatic N) is 4. The third-order valence-electron chi connectivity index (χ3n) is 4.54. The summed E-state index contributed by atoms with van der Waals surface area (Å²) < 4.78 is 2.84. The molecule has 4 aromatic rings. The molecule has 1 aliphatic carbocycles. The topological polar surface area (TPSA) is 72.7 Å². The van der Waals surface area contributed by atoms with Crippen LogP contribution in [-0.2, 0) is 4.79 Å². The van der Waals surface area contributed by atoms with Gasteiger partial charge in [0.2, 0.25) is 5.91 Å². The number of rotatable bonds is 6. The molecule has 0 spiro atoms. The number of fused-ring (bicyclic) bond motifs is 1. The van der Waals surface area contributed by atoms with Crippen LogP contribution in [0.25, 0.3) is 15.9 Å². The van der Waals surface area contributed by atoms with Crippen LogP contribution in [0, 0.1) is 0 Å². The predicted molar refractivity (Wildman–Crippen MR) is 112 cm³/mol. The summed E-state index contributed by atoms with van der Waals surface area (Å²) in [7, 11) is 0. The molecule has 3 heterocycles. The van der Waals surface area contributed by atoms with E-state index in [1.54, 1.807) is 17.7 Å².